The van der Waals surface area contributed by atoms with E-state index in [9.17, 15) is 4.79 Å². The summed E-state index contributed by atoms with van der Waals surface area (Å²) in [7, 11) is 0. The van der Waals surface area contributed by atoms with Gasteiger partial charge in [-0.15, -0.1) is 0 Å². The number of carbonyl (C=O) groups excluding carboxylic acids is 1. The van der Waals surface area contributed by atoms with Gasteiger partial charge in [-0.25, -0.2) is 4.98 Å². The number of rotatable bonds is 5. The third-order valence-electron chi connectivity index (χ3n) is 3.35. The highest BCUT2D eigenvalue weighted by Gasteiger charge is 2.20. The predicted octanol–water partition coefficient (Wildman–Crippen LogP) is 3.61. The minimum Gasteiger partial charge on any atom is -0.337 e. The van der Waals surface area contributed by atoms with Crippen molar-refractivity contribution < 1.29 is 4.79 Å². The summed E-state index contributed by atoms with van der Waals surface area (Å²) in [6, 6.07) is 6.56. The Morgan fingerprint density at radius 3 is 2.57 bits per heavy atom. The number of H-pyrrole nitrogens is 1. The molecule has 0 fully saturated rings. The van der Waals surface area contributed by atoms with Crippen LogP contribution in [0.15, 0.2) is 23.4 Å². The Morgan fingerprint density at radius 2 is 1.95 bits per heavy atom. The van der Waals surface area contributed by atoms with Crippen molar-refractivity contribution >= 4 is 28.7 Å². The lowest BCUT2D eigenvalue weighted by Crippen LogP contribution is -2.43. The van der Waals surface area contributed by atoms with E-state index in [2.05, 4.69) is 23.0 Å². The number of aromatic nitrogens is 2. The first kappa shape index (κ1) is 15.9. The Hall–Kier alpha value is -1.49. The lowest BCUT2D eigenvalue weighted by molar-refractivity contribution is -0.131. The number of hydrogen-bond acceptors (Lipinski definition) is 3. The van der Waals surface area contributed by atoms with Gasteiger partial charge in [0, 0.05) is 12.1 Å². The van der Waals surface area contributed by atoms with Gasteiger partial charge in [0.1, 0.15) is 0 Å². The van der Waals surface area contributed by atoms with Crippen LogP contribution in [0.1, 0.15) is 33.3 Å². The van der Waals surface area contributed by atoms with Gasteiger partial charge in [0.05, 0.1) is 16.8 Å². The maximum Gasteiger partial charge on any atom is 0.233 e. The molecule has 4 nitrogen and oxygen atoms in total. The van der Waals surface area contributed by atoms with Gasteiger partial charge in [-0.3, -0.25) is 4.79 Å². The molecule has 2 aromatic rings. The second kappa shape index (κ2) is 6.52. The molecular formula is C16H23N3OS. The van der Waals surface area contributed by atoms with Crippen molar-refractivity contribution in [2.45, 2.75) is 51.9 Å². The number of aryl methyl sites for hydroxylation is 1. The minimum absolute atomic E-state index is 0.154. The molecule has 1 amide bonds. The van der Waals surface area contributed by atoms with Crippen LogP contribution in [0, 0.1) is 6.92 Å². The number of thioether (sulfide) groups is 1. The topological polar surface area (TPSA) is 49.0 Å². The van der Waals surface area contributed by atoms with E-state index >= 15 is 0 Å². The molecule has 0 aliphatic rings. The van der Waals surface area contributed by atoms with Crippen LogP contribution in [-0.2, 0) is 4.79 Å². The third-order valence-corrected chi connectivity index (χ3v) is 4.21. The van der Waals surface area contributed by atoms with E-state index in [1.54, 1.807) is 0 Å². The highest BCUT2D eigenvalue weighted by Crippen LogP contribution is 2.21. The van der Waals surface area contributed by atoms with Crippen LogP contribution in [0.2, 0.25) is 0 Å². The van der Waals surface area contributed by atoms with E-state index in [0.717, 1.165) is 16.2 Å². The van der Waals surface area contributed by atoms with Crippen LogP contribution in [0.5, 0.6) is 0 Å². The summed E-state index contributed by atoms with van der Waals surface area (Å²) in [4.78, 5) is 22.0. The smallest absolute Gasteiger partial charge is 0.233 e. The Morgan fingerprint density at radius 1 is 1.29 bits per heavy atom. The van der Waals surface area contributed by atoms with Gasteiger partial charge in [0.2, 0.25) is 5.91 Å². The predicted molar refractivity (Wildman–Crippen MR) is 88.7 cm³/mol. The Labute approximate surface area is 130 Å². The summed E-state index contributed by atoms with van der Waals surface area (Å²) in [5.41, 5.74) is 3.17. The molecule has 0 aliphatic carbocycles. The lowest BCUT2D eigenvalue weighted by Gasteiger charge is -2.30. The first-order chi connectivity index (χ1) is 9.88. The van der Waals surface area contributed by atoms with Gasteiger partial charge >= 0.3 is 0 Å². The summed E-state index contributed by atoms with van der Waals surface area (Å²) >= 11 is 1.47. The summed E-state index contributed by atoms with van der Waals surface area (Å²) in [6.07, 6.45) is 0. The van der Waals surface area contributed by atoms with E-state index in [1.807, 2.05) is 44.7 Å². The van der Waals surface area contributed by atoms with Crippen LogP contribution in [0.4, 0.5) is 0 Å². The number of nitrogens with zero attached hydrogens (tertiary/aromatic N) is 2. The van der Waals surface area contributed by atoms with Gasteiger partial charge in [-0.2, -0.15) is 0 Å². The fourth-order valence-electron chi connectivity index (χ4n) is 2.55. The second-order valence-electron chi connectivity index (χ2n) is 5.84. The normalized spacial score (nSPS) is 11.6. The number of carbonyl (C=O) groups is 1. The van der Waals surface area contributed by atoms with Crippen molar-refractivity contribution in [3.05, 3.63) is 23.8 Å². The van der Waals surface area contributed by atoms with E-state index in [1.165, 1.54) is 17.3 Å². The third kappa shape index (κ3) is 3.79. The van der Waals surface area contributed by atoms with E-state index in [-0.39, 0.29) is 18.0 Å². The number of hydrogen-bond donors (Lipinski definition) is 1. The maximum absolute atomic E-state index is 12.3. The Balaban J connectivity index is 2.05. The molecular weight excluding hydrogens is 282 g/mol. The zero-order valence-corrected chi connectivity index (χ0v) is 14.1. The molecule has 0 saturated carbocycles. The molecule has 0 spiro atoms. The van der Waals surface area contributed by atoms with Crippen molar-refractivity contribution in [3.63, 3.8) is 0 Å². The number of amides is 1. The number of nitrogens with one attached hydrogen (secondary N) is 1. The zero-order chi connectivity index (χ0) is 15.6. The molecule has 0 bridgehead atoms. The molecule has 1 heterocycles. The molecule has 0 saturated heterocycles. The highest BCUT2D eigenvalue weighted by atomic mass is 32.2. The van der Waals surface area contributed by atoms with Gasteiger partial charge in [0.25, 0.3) is 0 Å². The molecule has 2 rings (SSSR count). The zero-order valence-electron chi connectivity index (χ0n) is 13.3. The van der Waals surface area contributed by atoms with Crippen molar-refractivity contribution in [1.82, 2.24) is 14.9 Å². The molecule has 1 aromatic carbocycles. The SMILES string of the molecule is Cc1ccc2nc(SCC(=O)N(C(C)C)C(C)C)[nH]c2c1. The largest absolute Gasteiger partial charge is 0.337 e. The Bertz CT molecular complexity index is 625. The number of fused-ring (bicyclic) bond motifs is 1. The quantitative estimate of drug-likeness (QED) is 0.859. The van der Waals surface area contributed by atoms with E-state index in [4.69, 9.17) is 0 Å². The van der Waals surface area contributed by atoms with Crippen molar-refractivity contribution in [2.24, 2.45) is 0 Å². The molecule has 21 heavy (non-hydrogen) atoms. The first-order valence-electron chi connectivity index (χ1n) is 7.29. The van der Waals surface area contributed by atoms with Gasteiger partial charge < -0.3 is 9.88 Å². The molecule has 0 unspecified atom stereocenters. The van der Waals surface area contributed by atoms with Crippen LogP contribution in [-0.4, -0.2) is 38.6 Å². The number of benzene rings is 1. The molecule has 114 valence electrons. The second-order valence-corrected chi connectivity index (χ2v) is 6.80. The van der Waals surface area contributed by atoms with Crippen LogP contribution < -0.4 is 0 Å². The van der Waals surface area contributed by atoms with Gasteiger partial charge in [-0.1, -0.05) is 17.8 Å². The Kier molecular flexibility index (Phi) is 4.93. The monoisotopic (exact) mass is 305 g/mol. The first-order valence-corrected chi connectivity index (χ1v) is 8.27. The van der Waals surface area contributed by atoms with Gasteiger partial charge in [0.15, 0.2) is 5.16 Å². The molecule has 0 atom stereocenters. The van der Waals surface area contributed by atoms with E-state index < -0.39 is 0 Å². The lowest BCUT2D eigenvalue weighted by atomic mass is 10.2. The molecule has 0 radical (unpaired) electrons. The summed E-state index contributed by atoms with van der Waals surface area (Å²) in [5, 5.41) is 0.802. The fourth-order valence-corrected chi connectivity index (χ4v) is 3.30. The average molecular weight is 305 g/mol. The fraction of sp³-hybridized carbons (Fsp3) is 0.500. The molecule has 5 heteroatoms. The summed E-state index contributed by atoms with van der Waals surface area (Å²) in [5.74, 6) is 0.566. The number of aromatic amines is 1. The van der Waals surface area contributed by atoms with Crippen molar-refractivity contribution in [2.75, 3.05) is 5.75 Å². The standard InChI is InChI=1S/C16H23N3OS/c1-10(2)19(11(3)4)15(20)9-21-16-17-13-7-6-12(5)8-14(13)18-16/h6-8,10-11H,9H2,1-5H3,(H,17,18). The molecule has 1 N–H and O–H groups in total. The van der Waals surface area contributed by atoms with Crippen LogP contribution >= 0.6 is 11.8 Å². The minimum atomic E-state index is 0.154. The van der Waals surface area contributed by atoms with E-state index in [0.29, 0.717) is 5.75 Å². The molecule has 1 aromatic heterocycles. The summed E-state index contributed by atoms with van der Waals surface area (Å²) < 4.78 is 0. The van der Waals surface area contributed by atoms with Crippen molar-refractivity contribution in [1.29, 1.82) is 0 Å². The highest BCUT2D eigenvalue weighted by molar-refractivity contribution is 7.99. The van der Waals surface area contributed by atoms with Gasteiger partial charge in [-0.05, 0) is 52.3 Å². The van der Waals surface area contributed by atoms with Crippen molar-refractivity contribution in [3.8, 4) is 0 Å². The summed E-state index contributed by atoms with van der Waals surface area (Å²) in [6.45, 7) is 10.2. The number of imidazole rings is 1. The molecule has 0 aliphatic heterocycles. The van der Waals surface area contributed by atoms with Crippen LogP contribution in [0.3, 0.4) is 0 Å². The maximum atomic E-state index is 12.3. The average Bonchev–Trinajstić information content (AvgIpc) is 2.77. The van der Waals surface area contributed by atoms with Crippen LogP contribution in [0.25, 0.3) is 11.0 Å².